The van der Waals surface area contributed by atoms with Crippen LogP contribution in [-0.4, -0.2) is 28.6 Å². The van der Waals surface area contributed by atoms with E-state index in [1.807, 2.05) is 35.9 Å². The van der Waals surface area contributed by atoms with E-state index in [2.05, 4.69) is 10.3 Å². The molecule has 0 aromatic carbocycles. The standard InChI is InChI=1S/C17H20N2O2S/c1-11-14(5-6-15(19-11)13-7-8-22-10-13)17(21)18-9-12-3-2-4-16(12)20/h5-8,10,12,16,20H,2-4,9H2,1H3,(H,18,21). The number of thiophene rings is 1. The number of aryl methyl sites for hydroxylation is 1. The monoisotopic (exact) mass is 316 g/mol. The van der Waals surface area contributed by atoms with Crippen molar-refractivity contribution in [3.63, 3.8) is 0 Å². The number of aromatic nitrogens is 1. The largest absolute Gasteiger partial charge is 0.393 e. The molecule has 2 atom stereocenters. The maximum absolute atomic E-state index is 12.3. The summed E-state index contributed by atoms with van der Waals surface area (Å²) in [6.45, 7) is 2.39. The molecule has 0 bridgehead atoms. The van der Waals surface area contributed by atoms with Crippen molar-refractivity contribution < 1.29 is 9.90 Å². The summed E-state index contributed by atoms with van der Waals surface area (Å²) in [4.78, 5) is 16.8. The third kappa shape index (κ3) is 3.20. The van der Waals surface area contributed by atoms with Crippen LogP contribution in [0.2, 0.25) is 0 Å². The first-order chi connectivity index (χ1) is 10.6. The van der Waals surface area contributed by atoms with Crippen LogP contribution in [0.3, 0.4) is 0 Å². The highest BCUT2D eigenvalue weighted by Gasteiger charge is 2.25. The van der Waals surface area contributed by atoms with Crippen molar-refractivity contribution in [3.05, 3.63) is 40.2 Å². The van der Waals surface area contributed by atoms with Crippen LogP contribution in [0.4, 0.5) is 0 Å². The van der Waals surface area contributed by atoms with Crippen molar-refractivity contribution in [2.45, 2.75) is 32.3 Å². The van der Waals surface area contributed by atoms with Crippen LogP contribution in [0.25, 0.3) is 11.3 Å². The minimum absolute atomic E-state index is 0.110. The molecule has 1 aliphatic rings. The van der Waals surface area contributed by atoms with Crippen LogP contribution >= 0.6 is 11.3 Å². The smallest absolute Gasteiger partial charge is 0.253 e. The molecular weight excluding hydrogens is 296 g/mol. The Morgan fingerprint density at radius 3 is 2.91 bits per heavy atom. The third-order valence-corrected chi connectivity index (χ3v) is 4.97. The Kier molecular flexibility index (Phi) is 4.55. The average Bonchev–Trinajstić information content (AvgIpc) is 3.16. The summed E-state index contributed by atoms with van der Waals surface area (Å²) in [5.74, 6) is 0.0725. The fourth-order valence-electron chi connectivity index (χ4n) is 2.95. The number of hydrogen-bond donors (Lipinski definition) is 2. The van der Waals surface area contributed by atoms with Crippen molar-refractivity contribution in [3.8, 4) is 11.3 Å². The highest BCUT2D eigenvalue weighted by atomic mass is 32.1. The van der Waals surface area contributed by atoms with Crippen molar-refractivity contribution in [1.82, 2.24) is 10.3 Å². The predicted octanol–water partition coefficient (Wildman–Crippen LogP) is 3.01. The first-order valence-electron chi connectivity index (χ1n) is 7.61. The van der Waals surface area contributed by atoms with E-state index in [0.717, 1.165) is 36.2 Å². The summed E-state index contributed by atoms with van der Waals surface area (Å²) in [5, 5.41) is 16.8. The quantitative estimate of drug-likeness (QED) is 0.911. The van der Waals surface area contributed by atoms with Crippen molar-refractivity contribution in [2.75, 3.05) is 6.54 Å². The van der Waals surface area contributed by atoms with E-state index in [1.54, 1.807) is 11.3 Å². The van der Waals surface area contributed by atoms with Gasteiger partial charge >= 0.3 is 0 Å². The van der Waals surface area contributed by atoms with Crippen LogP contribution in [0.15, 0.2) is 29.0 Å². The molecule has 3 rings (SSSR count). The second-order valence-corrected chi connectivity index (χ2v) is 6.59. The van der Waals surface area contributed by atoms with E-state index >= 15 is 0 Å². The third-order valence-electron chi connectivity index (χ3n) is 4.29. The number of pyridine rings is 1. The highest BCUT2D eigenvalue weighted by molar-refractivity contribution is 7.08. The maximum atomic E-state index is 12.3. The Morgan fingerprint density at radius 2 is 2.27 bits per heavy atom. The van der Waals surface area contributed by atoms with Crippen molar-refractivity contribution in [1.29, 1.82) is 0 Å². The number of rotatable bonds is 4. The Morgan fingerprint density at radius 1 is 1.41 bits per heavy atom. The first-order valence-corrected chi connectivity index (χ1v) is 8.56. The van der Waals surface area contributed by atoms with Crippen LogP contribution in [0.5, 0.6) is 0 Å². The number of carbonyl (C=O) groups is 1. The molecule has 2 aromatic heterocycles. The van der Waals surface area contributed by atoms with Crippen molar-refractivity contribution >= 4 is 17.2 Å². The highest BCUT2D eigenvalue weighted by Crippen LogP contribution is 2.25. The fourth-order valence-corrected chi connectivity index (χ4v) is 3.60. The lowest BCUT2D eigenvalue weighted by Gasteiger charge is -2.15. The van der Waals surface area contributed by atoms with Gasteiger partial charge in [-0.15, -0.1) is 0 Å². The predicted molar refractivity (Wildman–Crippen MR) is 88.0 cm³/mol. The van der Waals surface area contributed by atoms with Gasteiger partial charge in [-0.1, -0.05) is 6.42 Å². The summed E-state index contributed by atoms with van der Waals surface area (Å²) in [7, 11) is 0. The van der Waals surface area contributed by atoms with Gasteiger partial charge in [-0.25, -0.2) is 0 Å². The molecule has 116 valence electrons. The van der Waals surface area contributed by atoms with Crippen LogP contribution < -0.4 is 5.32 Å². The normalized spacial score (nSPS) is 21.0. The van der Waals surface area contributed by atoms with E-state index in [-0.39, 0.29) is 17.9 Å². The molecule has 22 heavy (non-hydrogen) atoms. The van der Waals surface area contributed by atoms with Gasteiger partial charge < -0.3 is 10.4 Å². The molecule has 2 heterocycles. The molecule has 1 aliphatic carbocycles. The molecule has 0 aliphatic heterocycles. The molecule has 4 nitrogen and oxygen atoms in total. The van der Waals surface area contributed by atoms with E-state index in [1.165, 1.54) is 0 Å². The Balaban J connectivity index is 1.67. The van der Waals surface area contributed by atoms with Gasteiger partial charge in [0.2, 0.25) is 0 Å². The number of aliphatic hydroxyl groups is 1. The topological polar surface area (TPSA) is 62.2 Å². The SMILES string of the molecule is Cc1nc(-c2ccsc2)ccc1C(=O)NCC1CCCC1O. The molecule has 1 amide bonds. The molecule has 2 N–H and O–H groups in total. The number of nitrogens with zero attached hydrogens (tertiary/aromatic N) is 1. The Labute approximate surface area is 134 Å². The summed E-state index contributed by atoms with van der Waals surface area (Å²) in [6.07, 6.45) is 2.59. The lowest BCUT2D eigenvalue weighted by atomic mass is 10.1. The number of hydrogen-bond acceptors (Lipinski definition) is 4. The number of amides is 1. The fraction of sp³-hybridized carbons (Fsp3) is 0.412. The molecular formula is C17H20N2O2S. The van der Waals surface area contributed by atoms with Gasteiger partial charge in [0.15, 0.2) is 0 Å². The van der Waals surface area contributed by atoms with E-state index in [0.29, 0.717) is 12.1 Å². The molecule has 1 fully saturated rings. The maximum Gasteiger partial charge on any atom is 0.253 e. The van der Waals surface area contributed by atoms with Crippen molar-refractivity contribution in [2.24, 2.45) is 5.92 Å². The van der Waals surface area contributed by atoms with Crippen LogP contribution in [0.1, 0.15) is 35.3 Å². The molecule has 0 radical (unpaired) electrons. The molecule has 2 unspecified atom stereocenters. The van der Waals surface area contributed by atoms with Gasteiger partial charge in [-0.2, -0.15) is 11.3 Å². The van der Waals surface area contributed by atoms with E-state index in [9.17, 15) is 9.90 Å². The zero-order valence-electron chi connectivity index (χ0n) is 12.6. The first kappa shape index (κ1) is 15.2. The minimum atomic E-state index is -0.277. The Bertz CT molecular complexity index is 655. The van der Waals surface area contributed by atoms with Gasteiger partial charge in [-0.05, 0) is 43.3 Å². The van der Waals surface area contributed by atoms with E-state index in [4.69, 9.17) is 0 Å². The zero-order valence-corrected chi connectivity index (χ0v) is 13.4. The Hall–Kier alpha value is -1.72. The molecule has 1 saturated carbocycles. The lowest BCUT2D eigenvalue weighted by Crippen LogP contribution is -2.32. The number of nitrogens with one attached hydrogen (secondary N) is 1. The summed E-state index contributed by atoms with van der Waals surface area (Å²) >= 11 is 1.63. The van der Waals surface area contributed by atoms with E-state index < -0.39 is 0 Å². The van der Waals surface area contributed by atoms with Gasteiger partial charge in [-0.3, -0.25) is 9.78 Å². The van der Waals surface area contributed by atoms with Crippen LogP contribution in [0, 0.1) is 12.8 Å². The van der Waals surface area contributed by atoms with Gasteiger partial charge in [0.1, 0.15) is 0 Å². The van der Waals surface area contributed by atoms with Gasteiger partial charge in [0.05, 0.1) is 23.1 Å². The summed E-state index contributed by atoms with van der Waals surface area (Å²) in [5.41, 5.74) is 3.30. The van der Waals surface area contributed by atoms with Gasteiger partial charge in [0.25, 0.3) is 5.91 Å². The summed E-state index contributed by atoms with van der Waals surface area (Å²) < 4.78 is 0. The summed E-state index contributed by atoms with van der Waals surface area (Å²) in [6, 6.07) is 5.73. The molecule has 5 heteroatoms. The molecule has 0 saturated heterocycles. The minimum Gasteiger partial charge on any atom is -0.393 e. The molecule has 0 spiro atoms. The second kappa shape index (κ2) is 6.58. The zero-order chi connectivity index (χ0) is 15.5. The lowest BCUT2D eigenvalue weighted by molar-refractivity contribution is 0.0916. The van der Waals surface area contributed by atoms with Gasteiger partial charge in [0, 0.05) is 23.4 Å². The van der Waals surface area contributed by atoms with Crippen LogP contribution in [-0.2, 0) is 0 Å². The number of aliphatic hydroxyl groups excluding tert-OH is 1. The molecule has 2 aromatic rings. The average molecular weight is 316 g/mol. The number of carbonyl (C=O) groups excluding carboxylic acids is 1. The second-order valence-electron chi connectivity index (χ2n) is 5.81.